The predicted octanol–water partition coefficient (Wildman–Crippen LogP) is 3.08. The highest BCUT2D eigenvalue weighted by atomic mass is 19.1. The van der Waals surface area contributed by atoms with Crippen molar-refractivity contribution < 1.29 is 18.8 Å². The second-order valence-corrected chi connectivity index (χ2v) is 8.35. The maximum atomic E-state index is 13.3. The minimum absolute atomic E-state index is 0.160. The molecule has 0 radical (unpaired) electrons. The molecule has 2 aromatic heterocycles. The van der Waals surface area contributed by atoms with Gasteiger partial charge in [-0.25, -0.2) is 4.98 Å². The molecule has 29 heavy (non-hydrogen) atoms. The number of carbonyl (C=O) groups excluding carboxylic acids is 3. The standard InChI is InChI=1S/C21H27FN4O3/c1-11-8-14(9-23-18(11)22)25-19(28)15-12(2)16(26(7)13(15)3)17(27)20(29)24-10-21(4,5)6/h8-9H,10H2,1-7H3,(H,24,29)(H,25,28). The van der Waals surface area contributed by atoms with Gasteiger partial charge in [0.05, 0.1) is 23.1 Å². The van der Waals surface area contributed by atoms with Crippen molar-refractivity contribution in [2.45, 2.75) is 41.5 Å². The first-order chi connectivity index (χ1) is 13.3. The molecule has 0 aliphatic carbocycles. The van der Waals surface area contributed by atoms with Crippen molar-refractivity contribution in [3.8, 4) is 0 Å². The van der Waals surface area contributed by atoms with Crippen molar-refractivity contribution in [2.75, 3.05) is 11.9 Å². The quantitative estimate of drug-likeness (QED) is 0.457. The van der Waals surface area contributed by atoms with Crippen LogP contribution in [0.3, 0.4) is 0 Å². The van der Waals surface area contributed by atoms with E-state index in [1.807, 2.05) is 20.8 Å². The van der Waals surface area contributed by atoms with Crippen LogP contribution in [0, 0.1) is 32.1 Å². The summed E-state index contributed by atoms with van der Waals surface area (Å²) in [4.78, 5) is 41.4. The number of hydrogen-bond acceptors (Lipinski definition) is 4. The third-order valence-electron chi connectivity index (χ3n) is 4.63. The molecular formula is C21H27FN4O3. The van der Waals surface area contributed by atoms with Crippen molar-refractivity contribution in [1.82, 2.24) is 14.9 Å². The van der Waals surface area contributed by atoms with Crippen molar-refractivity contribution in [2.24, 2.45) is 12.5 Å². The number of hydrogen-bond donors (Lipinski definition) is 2. The minimum atomic E-state index is -0.714. The van der Waals surface area contributed by atoms with E-state index in [-0.39, 0.29) is 11.1 Å². The molecule has 0 saturated carbocycles. The normalized spacial score (nSPS) is 11.3. The summed E-state index contributed by atoms with van der Waals surface area (Å²) in [7, 11) is 1.63. The molecule has 0 fully saturated rings. The highest BCUT2D eigenvalue weighted by molar-refractivity contribution is 6.43. The fourth-order valence-corrected chi connectivity index (χ4v) is 2.99. The Kier molecular flexibility index (Phi) is 6.25. The molecule has 0 saturated heterocycles. The van der Waals surface area contributed by atoms with Gasteiger partial charge in [0.2, 0.25) is 5.95 Å². The smallest absolute Gasteiger partial charge is 0.294 e. The maximum Gasteiger partial charge on any atom is 0.294 e. The summed E-state index contributed by atoms with van der Waals surface area (Å²) in [5, 5.41) is 5.31. The van der Waals surface area contributed by atoms with Gasteiger partial charge in [-0.05, 0) is 37.8 Å². The molecule has 8 heteroatoms. The van der Waals surface area contributed by atoms with E-state index >= 15 is 0 Å². The predicted molar refractivity (Wildman–Crippen MR) is 109 cm³/mol. The van der Waals surface area contributed by atoms with E-state index in [9.17, 15) is 18.8 Å². The Hall–Kier alpha value is -3.03. The molecule has 0 unspecified atom stereocenters. The lowest BCUT2D eigenvalue weighted by molar-refractivity contribution is -0.117. The van der Waals surface area contributed by atoms with E-state index < -0.39 is 23.5 Å². The van der Waals surface area contributed by atoms with Gasteiger partial charge in [-0.15, -0.1) is 0 Å². The topological polar surface area (TPSA) is 93.1 Å². The fourth-order valence-electron chi connectivity index (χ4n) is 2.99. The first-order valence-electron chi connectivity index (χ1n) is 9.25. The van der Waals surface area contributed by atoms with Crippen molar-refractivity contribution in [1.29, 1.82) is 0 Å². The van der Waals surface area contributed by atoms with Crippen LogP contribution in [0.15, 0.2) is 12.3 Å². The molecule has 2 rings (SSSR count). The summed E-state index contributed by atoms with van der Waals surface area (Å²) in [5.41, 5.74) is 1.88. The lowest BCUT2D eigenvalue weighted by Crippen LogP contribution is -2.37. The van der Waals surface area contributed by atoms with E-state index in [1.165, 1.54) is 16.8 Å². The first-order valence-corrected chi connectivity index (χ1v) is 9.25. The second-order valence-electron chi connectivity index (χ2n) is 8.35. The van der Waals surface area contributed by atoms with Crippen LogP contribution in [-0.4, -0.2) is 33.7 Å². The molecule has 0 aliphatic heterocycles. The van der Waals surface area contributed by atoms with E-state index in [4.69, 9.17) is 0 Å². The Bertz CT molecular complexity index is 987. The van der Waals surface area contributed by atoms with Gasteiger partial charge in [0.25, 0.3) is 17.6 Å². The molecular weight excluding hydrogens is 375 g/mol. The largest absolute Gasteiger partial charge is 0.349 e. The molecule has 2 heterocycles. The van der Waals surface area contributed by atoms with E-state index in [2.05, 4.69) is 15.6 Å². The van der Waals surface area contributed by atoms with Gasteiger partial charge in [0.15, 0.2) is 0 Å². The number of anilines is 1. The van der Waals surface area contributed by atoms with Crippen LogP contribution < -0.4 is 10.6 Å². The Labute approximate surface area is 169 Å². The number of halogens is 1. The van der Waals surface area contributed by atoms with Crippen LogP contribution in [0.1, 0.15) is 58.4 Å². The lowest BCUT2D eigenvalue weighted by atomic mass is 9.97. The zero-order chi connectivity index (χ0) is 22.1. The monoisotopic (exact) mass is 402 g/mol. The van der Waals surface area contributed by atoms with Gasteiger partial charge in [-0.2, -0.15) is 4.39 Å². The third kappa shape index (κ3) is 4.88. The summed E-state index contributed by atoms with van der Waals surface area (Å²) < 4.78 is 14.9. The summed E-state index contributed by atoms with van der Waals surface area (Å²) in [5.74, 6) is -2.48. The van der Waals surface area contributed by atoms with Gasteiger partial charge >= 0.3 is 0 Å². The second kappa shape index (κ2) is 8.14. The third-order valence-corrected chi connectivity index (χ3v) is 4.63. The first kappa shape index (κ1) is 22.3. The summed E-state index contributed by atoms with van der Waals surface area (Å²) in [6.45, 7) is 11.1. The number of rotatable bonds is 5. The maximum absolute atomic E-state index is 13.3. The number of Topliss-reactive ketones (excluding diaryl/α,β-unsaturated/α-hetero) is 1. The number of aryl methyl sites for hydroxylation is 1. The van der Waals surface area contributed by atoms with Gasteiger partial charge in [-0.3, -0.25) is 14.4 Å². The summed E-state index contributed by atoms with van der Waals surface area (Å²) in [6.07, 6.45) is 1.22. The molecule has 0 aromatic carbocycles. The molecule has 0 aliphatic rings. The average Bonchev–Trinajstić information content (AvgIpc) is 2.84. The molecule has 0 bridgehead atoms. The molecule has 2 amide bonds. The van der Waals surface area contributed by atoms with E-state index in [0.717, 1.165) is 0 Å². The molecule has 7 nitrogen and oxygen atoms in total. The number of pyridine rings is 1. The van der Waals surface area contributed by atoms with Gasteiger partial charge in [0, 0.05) is 24.8 Å². The van der Waals surface area contributed by atoms with Crippen LogP contribution in [0.5, 0.6) is 0 Å². The van der Waals surface area contributed by atoms with Crippen LogP contribution >= 0.6 is 0 Å². The molecule has 0 atom stereocenters. The van der Waals surface area contributed by atoms with Crippen LogP contribution in [0.4, 0.5) is 10.1 Å². The van der Waals surface area contributed by atoms with E-state index in [1.54, 1.807) is 27.8 Å². The Morgan fingerprint density at radius 1 is 1.17 bits per heavy atom. The van der Waals surface area contributed by atoms with Crippen LogP contribution in [0.2, 0.25) is 0 Å². The van der Waals surface area contributed by atoms with Crippen molar-refractivity contribution >= 4 is 23.3 Å². The number of amides is 2. The Morgan fingerprint density at radius 2 is 1.79 bits per heavy atom. The van der Waals surface area contributed by atoms with Gasteiger partial charge in [0.1, 0.15) is 0 Å². The van der Waals surface area contributed by atoms with Crippen LogP contribution in [-0.2, 0) is 11.8 Å². The molecule has 0 spiro atoms. The highest BCUT2D eigenvalue weighted by Gasteiger charge is 2.29. The number of ketones is 1. The highest BCUT2D eigenvalue weighted by Crippen LogP contribution is 2.23. The number of nitrogens with one attached hydrogen (secondary N) is 2. The number of aromatic nitrogens is 2. The van der Waals surface area contributed by atoms with Gasteiger partial charge < -0.3 is 15.2 Å². The Morgan fingerprint density at radius 3 is 2.34 bits per heavy atom. The lowest BCUT2D eigenvalue weighted by Gasteiger charge is -2.18. The molecule has 2 N–H and O–H groups in total. The van der Waals surface area contributed by atoms with Gasteiger partial charge in [-0.1, -0.05) is 20.8 Å². The minimum Gasteiger partial charge on any atom is -0.349 e. The zero-order valence-corrected chi connectivity index (χ0v) is 17.9. The van der Waals surface area contributed by atoms with Crippen molar-refractivity contribution in [3.63, 3.8) is 0 Å². The summed E-state index contributed by atoms with van der Waals surface area (Å²) >= 11 is 0. The van der Waals surface area contributed by atoms with E-state index in [0.29, 0.717) is 34.6 Å². The average molecular weight is 402 g/mol. The zero-order valence-electron chi connectivity index (χ0n) is 17.9. The molecule has 156 valence electrons. The molecule has 2 aromatic rings. The fraction of sp³-hybridized carbons (Fsp3) is 0.429. The van der Waals surface area contributed by atoms with Crippen molar-refractivity contribution in [3.05, 3.63) is 46.3 Å². The Balaban J connectivity index is 2.31. The SMILES string of the molecule is Cc1cc(NC(=O)c2c(C)c(C(=O)C(=O)NCC(C)(C)C)n(C)c2C)cnc1F. The number of nitrogens with zero attached hydrogens (tertiary/aromatic N) is 2. The summed E-state index contributed by atoms with van der Waals surface area (Å²) in [6, 6.07) is 1.47. The van der Waals surface area contributed by atoms with Crippen LogP contribution in [0.25, 0.3) is 0 Å². The number of carbonyl (C=O) groups is 3.